The van der Waals surface area contributed by atoms with E-state index in [1.54, 1.807) is 6.26 Å². The average Bonchev–Trinajstić information content (AvgIpc) is 2.92. The van der Waals surface area contributed by atoms with Gasteiger partial charge in [0.1, 0.15) is 19.2 Å². The number of ether oxygens (including phenoxy) is 1. The van der Waals surface area contributed by atoms with Gasteiger partial charge in [-0.2, -0.15) is 0 Å². The second-order valence-corrected chi connectivity index (χ2v) is 4.62. The molecule has 1 aromatic carbocycles. The number of fused-ring (bicyclic) bond motifs is 1. The first-order valence-corrected chi connectivity index (χ1v) is 6.47. The minimum atomic E-state index is 0.213. The van der Waals surface area contributed by atoms with Crippen LogP contribution in [0, 0.1) is 0 Å². The summed E-state index contributed by atoms with van der Waals surface area (Å²) in [4.78, 5) is 0. The summed E-state index contributed by atoms with van der Waals surface area (Å²) < 4.78 is 11.2. The zero-order chi connectivity index (χ0) is 12.2. The Kier molecular flexibility index (Phi) is 3.44. The maximum atomic E-state index is 5.86. The van der Waals surface area contributed by atoms with E-state index in [1.165, 1.54) is 11.1 Å². The molecule has 3 nitrogen and oxygen atoms in total. The van der Waals surface area contributed by atoms with E-state index in [0.29, 0.717) is 0 Å². The number of hydrogen-bond acceptors (Lipinski definition) is 2. The molecule has 1 aromatic heterocycles. The summed E-state index contributed by atoms with van der Waals surface area (Å²) in [6, 6.07) is 12.5. The molecule has 3 rings (SSSR count). The van der Waals surface area contributed by atoms with Crippen molar-refractivity contribution in [1.29, 1.82) is 0 Å². The van der Waals surface area contributed by atoms with E-state index in [2.05, 4.69) is 29.6 Å². The van der Waals surface area contributed by atoms with Gasteiger partial charge in [-0.25, -0.2) is 0 Å². The molecule has 18 heavy (non-hydrogen) atoms. The van der Waals surface area contributed by atoms with Gasteiger partial charge in [0.2, 0.25) is 0 Å². The summed E-state index contributed by atoms with van der Waals surface area (Å²) in [6.07, 6.45) is 2.96. The highest BCUT2D eigenvalue weighted by molar-refractivity contribution is 5.30. The highest BCUT2D eigenvalue weighted by Crippen LogP contribution is 2.25. The summed E-state index contributed by atoms with van der Waals surface area (Å²) in [5, 5.41) is 2.24. The Morgan fingerprint density at radius 1 is 1.17 bits per heavy atom. The van der Waals surface area contributed by atoms with Gasteiger partial charge >= 0.3 is 0 Å². The molecule has 0 fully saturated rings. The topological polar surface area (TPSA) is 39.0 Å². The van der Waals surface area contributed by atoms with E-state index < -0.39 is 0 Å². The lowest BCUT2D eigenvalue weighted by atomic mass is 9.97. The molecule has 0 saturated carbocycles. The third-order valence-corrected chi connectivity index (χ3v) is 3.40. The lowest BCUT2D eigenvalue weighted by Gasteiger charge is -2.24. The molecule has 0 amide bonds. The molecular formula is C15H18NO2+. The van der Waals surface area contributed by atoms with Gasteiger partial charge in [0.25, 0.3) is 0 Å². The van der Waals surface area contributed by atoms with Gasteiger partial charge in [-0.15, -0.1) is 0 Å². The largest absolute Gasteiger partial charge is 0.463 e. The van der Waals surface area contributed by atoms with E-state index in [9.17, 15) is 0 Å². The fourth-order valence-electron chi connectivity index (χ4n) is 2.48. The normalized spacial score (nSPS) is 18.6. The van der Waals surface area contributed by atoms with E-state index in [4.69, 9.17) is 9.15 Å². The van der Waals surface area contributed by atoms with Gasteiger partial charge in [-0.3, -0.25) is 0 Å². The second kappa shape index (κ2) is 5.38. The molecule has 0 saturated heterocycles. The Morgan fingerprint density at radius 2 is 2.11 bits per heavy atom. The number of furan rings is 1. The van der Waals surface area contributed by atoms with Gasteiger partial charge in [0.05, 0.1) is 12.9 Å². The Balaban J connectivity index is 1.60. The number of rotatable bonds is 4. The average molecular weight is 244 g/mol. The minimum Gasteiger partial charge on any atom is -0.463 e. The van der Waals surface area contributed by atoms with Gasteiger partial charge < -0.3 is 14.5 Å². The number of hydrogen-bond donors (Lipinski definition) is 1. The van der Waals surface area contributed by atoms with E-state index >= 15 is 0 Å². The van der Waals surface area contributed by atoms with Crippen LogP contribution in [0.4, 0.5) is 0 Å². The smallest absolute Gasteiger partial charge is 0.157 e. The van der Waals surface area contributed by atoms with Crippen molar-refractivity contribution in [2.24, 2.45) is 0 Å². The molecule has 0 aliphatic carbocycles. The molecule has 1 aliphatic rings. The molecule has 2 N–H and O–H groups in total. The Hall–Kier alpha value is -1.58. The van der Waals surface area contributed by atoms with Gasteiger partial charge in [0.15, 0.2) is 5.76 Å². The zero-order valence-corrected chi connectivity index (χ0v) is 10.3. The zero-order valence-electron chi connectivity index (χ0n) is 10.3. The molecule has 2 aromatic rings. The first kappa shape index (κ1) is 11.5. The standard InChI is InChI=1S/C15H17NO2/c1-2-6-14-12(4-1)7-9-18-15(14)11-16-10-13-5-3-8-17-13/h1-6,8,15-16H,7,9-11H2/p+1/t15-/m0/s1. The van der Waals surface area contributed by atoms with Crippen molar-refractivity contribution in [1.82, 2.24) is 0 Å². The summed E-state index contributed by atoms with van der Waals surface area (Å²) in [7, 11) is 0. The van der Waals surface area contributed by atoms with Crippen molar-refractivity contribution in [3.63, 3.8) is 0 Å². The maximum absolute atomic E-state index is 5.86. The van der Waals surface area contributed by atoms with Crippen LogP contribution >= 0.6 is 0 Å². The quantitative estimate of drug-likeness (QED) is 0.888. The lowest BCUT2D eigenvalue weighted by molar-refractivity contribution is -0.679. The van der Waals surface area contributed by atoms with Crippen molar-refractivity contribution < 1.29 is 14.5 Å². The van der Waals surface area contributed by atoms with Gasteiger partial charge in [0, 0.05) is 0 Å². The maximum Gasteiger partial charge on any atom is 0.157 e. The number of nitrogens with two attached hydrogens (primary N) is 1. The minimum absolute atomic E-state index is 0.213. The Morgan fingerprint density at radius 3 is 3.00 bits per heavy atom. The molecule has 3 heteroatoms. The molecule has 1 aliphatic heterocycles. The van der Waals surface area contributed by atoms with E-state index in [1.807, 2.05) is 12.1 Å². The van der Waals surface area contributed by atoms with Crippen LogP contribution in [0.15, 0.2) is 47.1 Å². The first-order chi connectivity index (χ1) is 8.93. The van der Waals surface area contributed by atoms with Crippen molar-refractivity contribution in [2.75, 3.05) is 13.2 Å². The molecular weight excluding hydrogens is 226 g/mol. The van der Waals surface area contributed by atoms with Crippen molar-refractivity contribution in [3.05, 3.63) is 59.5 Å². The van der Waals surface area contributed by atoms with Crippen LogP contribution in [-0.2, 0) is 17.7 Å². The Labute approximate surface area is 107 Å². The molecule has 0 unspecified atom stereocenters. The van der Waals surface area contributed by atoms with Crippen molar-refractivity contribution in [3.8, 4) is 0 Å². The first-order valence-electron chi connectivity index (χ1n) is 6.47. The lowest BCUT2D eigenvalue weighted by Crippen LogP contribution is -2.83. The van der Waals surface area contributed by atoms with Crippen LogP contribution in [0.1, 0.15) is 23.0 Å². The predicted octanol–water partition coefficient (Wildman–Crippen LogP) is 1.66. The summed E-state index contributed by atoms with van der Waals surface area (Å²) in [5.74, 6) is 1.01. The highest BCUT2D eigenvalue weighted by Gasteiger charge is 2.21. The molecule has 2 heterocycles. The van der Waals surface area contributed by atoms with Crippen LogP contribution < -0.4 is 5.32 Å². The summed E-state index contributed by atoms with van der Waals surface area (Å²) in [5.41, 5.74) is 2.78. The van der Waals surface area contributed by atoms with Crippen molar-refractivity contribution in [2.45, 2.75) is 19.1 Å². The van der Waals surface area contributed by atoms with Crippen LogP contribution in [0.25, 0.3) is 0 Å². The molecule has 1 atom stereocenters. The Bertz CT molecular complexity index is 493. The molecule has 0 spiro atoms. The third kappa shape index (κ3) is 2.47. The van der Waals surface area contributed by atoms with Crippen LogP contribution in [-0.4, -0.2) is 13.2 Å². The number of benzene rings is 1. The fourth-order valence-corrected chi connectivity index (χ4v) is 2.48. The molecule has 0 radical (unpaired) electrons. The van der Waals surface area contributed by atoms with Crippen LogP contribution in [0.3, 0.4) is 0 Å². The van der Waals surface area contributed by atoms with E-state index in [0.717, 1.165) is 31.9 Å². The van der Waals surface area contributed by atoms with E-state index in [-0.39, 0.29) is 6.10 Å². The SMILES string of the molecule is c1coc(C[NH2+]C[C@@H]2OCCc3ccccc32)c1. The van der Waals surface area contributed by atoms with Crippen molar-refractivity contribution >= 4 is 0 Å². The molecule has 94 valence electrons. The highest BCUT2D eigenvalue weighted by atomic mass is 16.5. The predicted molar refractivity (Wildman–Crippen MR) is 68.0 cm³/mol. The third-order valence-electron chi connectivity index (χ3n) is 3.40. The van der Waals surface area contributed by atoms with Gasteiger partial charge in [-0.1, -0.05) is 24.3 Å². The van der Waals surface area contributed by atoms with Crippen LogP contribution in [0.2, 0.25) is 0 Å². The van der Waals surface area contributed by atoms with Gasteiger partial charge in [-0.05, 0) is 29.7 Å². The molecule has 0 bridgehead atoms. The number of quaternary nitrogens is 1. The second-order valence-electron chi connectivity index (χ2n) is 4.62. The van der Waals surface area contributed by atoms with Crippen LogP contribution in [0.5, 0.6) is 0 Å². The summed E-state index contributed by atoms with van der Waals surface area (Å²) >= 11 is 0. The fraction of sp³-hybridized carbons (Fsp3) is 0.333. The monoisotopic (exact) mass is 244 g/mol. The summed E-state index contributed by atoms with van der Waals surface area (Å²) in [6.45, 7) is 2.64.